The van der Waals surface area contributed by atoms with Crippen LogP contribution in [0.2, 0.25) is 0 Å². The maximum absolute atomic E-state index is 13.7. The molecular weight excluding hydrogens is 642 g/mol. The van der Waals surface area contributed by atoms with Gasteiger partial charge in [0.05, 0.1) is 5.76 Å². The first-order chi connectivity index (χ1) is 17.4. The molecule has 0 fully saturated rings. The molecule has 37 heavy (non-hydrogen) atoms. The molecule has 6 rings (SSSR count). The van der Waals surface area contributed by atoms with Gasteiger partial charge in [-0.25, -0.2) is 4.39 Å². The van der Waals surface area contributed by atoms with Gasteiger partial charge < -0.3 is 5.11 Å². The number of pyridine rings is 1. The summed E-state index contributed by atoms with van der Waals surface area (Å²) in [7, 11) is 0. The van der Waals surface area contributed by atoms with E-state index >= 15 is 0 Å². The average Bonchev–Trinajstić information content (AvgIpc) is 2.87. The third kappa shape index (κ3) is 5.43. The van der Waals surface area contributed by atoms with Crippen LogP contribution in [0.4, 0.5) is 4.39 Å². The smallest absolute Gasteiger partial charge is 0.155 e. The molecule has 0 saturated carbocycles. The number of halogens is 1. The van der Waals surface area contributed by atoms with E-state index in [1.54, 1.807) is 6.07 Å². The first-order valence-corrected chi connectivity index (χ1v) is 11.6. The third-order valence-corrected chi connectivity index (χ3v) is 6.02. The van der Waals surface area contributed by atoms with Crippen molar-refractivity contribution >= 4 is 48.9 Å². The Kier molecular flexibility index (Phi) is 7.77. The fraction of sp³-hybridized carbons (Fsp3) is 0.0625. The van der Waals surface area contributed by atoms with Gasteiger partial charge in [0.1, 0.15) is 5.82 Å². The molecule has 5 aromatic carbocycles. The predicted octanol–water partition coefficient (Wildman–Crippen LogP) is 8.34. The van der Waals surface area contributed by atoms with Gasteiger partial charge in [-0.2, -0.15) is 0 Å². The normalized spacial score (nSPS) is 11.3. The van der Waals surface area contributed by atoms with Crippen LogP contribution >= 0.6 is 0 Å². The minimum absolute atomic E-state index is 0. The minimum Gasteiger partial charge on any atom is -0.512 e. The van der Waals surface area contributed by atoms with E-state index in [1.165, 1.54) is 36.8 Å². The van der Waals surface area contributed by atoms with Crippen LogP contribution in [0.25, 0.3) is 54.3 Å². The summed E-state index contributed by atoms with van der Waals surface area (Å²) >= 11 is 0. The molecule has 5 heteroatoms. The standard InChI is InChI=1S/C27H15FN.C5H8O2.Ir/c28-20-11-12-22-18(13-20)9-10-19-16-29-27(15-25(19)22)26-14-17-5-1-2-6-21(17)23-7-3-4-8-24(23)26;1-4(6)3-5(2)7;/h1-13,15-16H;3,6H,1-2H3;/q-1;;/b;4-3-;. The van der Waals surface area contributed by atoms with Crippen molar-refractivity contribution in [2.24, 2.45) is 0 Å². The van der Waals surface area contributed by atoms with Crippen LogP contribution in [0.5, 0.6) is 0 Å². The van der Waals surface area contributed by atoms with Crippen molar-refractivity contribution in [2.45, 2.75) is 13.8 Å². The van der Waals surface area contributed by atoms with Gasteiger partial charge in [-0.05, 0) is 47.5 Å². The zero-order valence-corrected chi connectivity index (χ0v) is 22.6. The molecule has 0 spiro atoms. The van der Waals surface area contributed by atoms with Crippen molar-refractivity contribution in [3.63, 3.8) is 0 Å². The number of nitrogens with zero attached hydrogens (tertiary/aromatic N) is 1. The molecule has 1 heterocycles. The van der Waals surface area contributed by atoms with Gasteiger partial charge in [0.15, 0.2) is 5.78 Å². The topological polar surface area (TPSA) is 50.2 Å². The Hall–Kier alpha value is -3.92. The van der Waals surface area contributed by atoms with Crippen LogP contribution < -0.4 is 0 Å². The SMILES string of the molecule is CC(=O)/C=C(/C)O.Fc1ccc2c(ccc3cnc(-c4[c-]c5ccccc5c5ccccc45)cc32)c1.[Ir]. The number of fused-ring (bicyclic) bond motifs is 6. The van der Waals surface area contributed by atoms with E-state index in [-0.39, 0.29) is 37.5 Å². The van der Waals surface area contributed by atoms with Gasteiger partial charge in [0.25, 0.3) is 0 Å². The zero-order chi connectivity index (χ0) is 25.2. The number of benzene rings is 5. The summed E-state index contributed by atoms with van der Waals surface area (Å²) < 4.78 is 13.7. The molecule has 1 radical (unpaired) electrons. The monoisotopic (exact) mass is 665 g/mol. The number of rotatable bonds is 2. The van der Waals surface area contributed by atoms with Gasteiger partial charge >= 0.3 is 0 Å². The Morgan fingerprint density at radius 2 is 1.49 bits per heavy atom. The molecule has 0 atom stereocenters. The molecule has 0 aliphatic heterocycles. The Bertz CT molecular complexity index is 1810. The number of carbonyl (C=O) groups excluding carboxylic acids is 1. The summed E-state index contributed by atoms with van der Waals surface area (Å²) in [5.41, 5.74) is 1.86. The van der Waals surface area contributed by atoms with E-state index in [0.29, 0.717) is 0 Å². The van der Waals surface area contributed by atoms with Crippen LogP contribution in [-0.2, 0) is 24.9 Å². The summed E-state index contributed by atoms with van der Waals surface area (Å²) in [5.74, 6) is -0.285. The van der Waals surface area contributed by atoms with Crippen molar-refractivity contribution in [3.05, 3.63) is 115 Å². The van der Waals surface area contributed by atoms with Crippen molar-refractivity contribution in [3.8, 4) is 11.3 Å². The van der Waals surface area contributed by atoms with E-state index in [0.717, 1.165) is 43.6 Å². The summed E-state index contributed by atoms with van der Waals surface area (Å²) in [5, 5.41) is 17.0. The Morgan fingerprint density at radius 3 is 2.19 bits per heavy atom. The number of ketones is 1. The second kappa shape index (κ2) is 11.0. The Labute approximate surface area is 227 Å². The molecule has 3 nitrogen and oxygen atoms in total. The van der Waals surface area contributed by atoms with E-state index in [2.05, 4.69) is 48.5 Å². The van der Waals surface area contributed by atoms with Crippen LogP contribution in [-0.4, -0.2) is 15.9 Å². The van der Waals surface area contributed by atoms with Gasteiger partial charge in [-0.3, -0.25) is 9.78 Å². The van der Waals surface area contributed by atoms with Crippen LogP contribution in [0, 0.1) is 11.9 Å². The molecule has 0 unspecified atom stereocenters. The first-order valence-electron chi connectivity index (χ1n) is 11.6. The second-order valence-electron chi connectivity index (χ2n) is 8.71. The first kappa shape index (κ1) is 26.2. The Balaban J connectivity index is 0.000000356. The number of hydrogen-bond donors (Lipinski definition) is 1. The van der Waals surface area contributed by atoms with E-state index in [9.17, 15) is 9.18 Å². The summed E-state index contributed by atoms with van der Waals surface area (Å²) in [4.78, 5) is 14.8. The largest absolute Gasteiger partial charge is 0.512 e. The summed E-state index contributed by atoms with van der Waals surface area (Å²) in [6, 6.07) is 31.3. The molecule has 0 saturated heterocycles. The number of aliphatic hydroxyl groups is 1. The fourth-order valence-electron chi connectivity index (χ4n) is 4.53. The maximum Gasteiger partial charge on any atom is 0.155 e. The van der Waals surface area contributed by atoms with Crippen LogP contribution in [0.1, 0.15) is 13.8 Å². The number of aromatic nitrogens is 1. The molecule has 1 aromatic heterocycles. The Morgan fingerprint density at radius 1 is 0.811 bits per heavy atom. The fourth-order valence-corrected chi connectivity index (χ4v) is 4.53. The quantitative estimate of drug-likeness (QED) is 0.0877. The zero-order valence-electron chi connectivity index (χ0n) is 20.3. The molecule has 6 aromatic rings. The number of aliphatic hydroxyl groups excluding tert-OH is 1. The van der Waals surface area contributed by atoms with Gasteiger partial charge in [-0.1, -0.05) is 88.5 Å². The molecule has 0 aliphatic rings. The van der Waals surface area contributed by atoms with Gasteiger partial charge in [-0.15, -0.1) is 17.5 Å². The molecule has 0 amide bonds. The molecule has 0 bridgehead atoms. The van der Waals surface area contributed by atoms with E-state index in [4.69, 9.17) is 10.1 Å². The second-order valence-corrected chi connectivity index (χ2v) is 8.71. The molecule has 1 N–H and O–H groups in total. The molecule has 0 aliphatic carbocycles. The van der Waals surface area contributed by atoms with Crippen molar-refractivity contribution in [1.82, 2.24) is 4.98 Å². The number of allylic oxidation sites excluding steroid dienone is 2. The van der Waals surface area contributed by atoms with Crippen LogP contribution in [0.15, 0.2) is 103 Å². The summed E-state index contributed by atoms with van der Waals surface area (Å²) in [6.45, 7) is 2.85. The molecular formula is C32H23FIrNO2-. The van der Waals surface area contributed by atoms with E-state index in [1.807, 2.05) is 36.5 Å². The average molecular weight is 665 g/mol. The summed E-state index contributed by atoms with van der Waals surface area (Å²) in [6.07, 6.45) is 3.06. The van der Waals surface area contributed by atoms with Crippen molar-refractivity contribution in [1.29, 1.82) is 0 Å². The molecule has 185 valence electrons. The predicted molar refractivity (Wildman–Crippen MR) is 146 cm³/mol. The van der Waals surface area contributed by atoms with Gasteiger partial charge in [0.2, 0.25) is 0 Å². The number of carbonyl (C=O) groups is 1. The van der Waals surface area contributed by atoms with Crippen molar-refractivity contribution < 1.29 is 34.4 Å². The van der Waals surface area contributed by atoms with Crippen LogP contribution in [0.3, 0.4) is 0 Å². The van der Waals surface area contributed by atoms with E-state index < -0.39 is 0 Å². The maximum atomic E-state index is 13.7. The van der Waals surface area contributed by atoms with Crippen molar-refractivity contribution in [2.75, 3.05) is 0 Å². The number of hydrogen-bond acceptors (Lipinski definition) is 3. The minimum atomic E-state index is -0.222. The van der Waals surface area contributed by atoms with Gasteiger partial charge in [0, 0.05) is 38.1 Å². The third-order valence-electron chi connectivity index (χ3n) is 6.02.